The van der Waals surface area contributed by atoms with E-state index in [1.54, 1.807) is 24.3 Å². The number of hydrogen-bond donors (Lipinski definition) is 2. The highest BCUT2D eigenvalue weighted by Crippen LogP contribution is 2.16. The fraction of sp³-hybridized carbons (Fsp3) is 0.294. The summed E-state index contributed by atoms with van der Waals surface area (Å²) in [6.45, 7) is 1.02. The lowest BCUT2D eigenvalue weighted by molar-refractivity contribution is 0.0953. The lowest BCUT2D eigenvalue weighted by Crippen LogP contribution is -2.38. The van der Waals surface area contributed by atoms with E-state index in [1.807, 2.05) is 0 Å². The summed E-state index contributed by atoms with van der Waals surface area (Å²) < 4.78 is 2.19. The Morgan fingerprint density at radius 2 is 1.81 bits per heavy atom. The molecule has 0 radical (unpaired) electrons. The third-order valence-corrected chi connectivity index (χ3v) is 4.14. The van der Waals surface area contributed by atoms with E-state index in [9.17, 15) is 14.4 Å². The smallest absolute Gasteiger partial charge is 0.332 e. The summed E-state index contributed by atoms with van der Waals surface area (Å²) in [5.74, 6) is 0.0322. The Morgan fingerprint density at radius 1 is 1.11 bits per heavy atom. The van der Waals surface area contributed by atoms with Crippen LogP contribution in [0, 0.1) is 0 Å². The molecule has 1 aromatic carbocycles. The molecule has 0 bridgehead atoms. The van der Waals surface area contributed by atoms with Gasteiger partial charge in [0.1, 0.15) is 0 Å². The van der Waals surface area contributed by atoms with E-state index in [1.165, 1.54) is 18.7 Å². The number of aromatic nitrogens is 5. The number of nitrogens with one attached hydrogen (secondary N) is 1. The number of rotatable bonds is 5. The molecular weight excluding hydrogens is 350 g/mol. The fourth-order valence-electron chi connectivity index (χ4n) is 2.55. The first-order valence-electron chi connectivity index (χ1n) is 8.33. The second-order valence-electron chi connectivity index (χ2n) is 5.99. The second-order valence-corrected chi connectivity index (χ2v) is 5.99. The molecule has 140 valence electrons. The zero-order chi connectivity index (χ0) is 19.6. The minimum atomic E-state index is -0.542. The van der Waals surface area contributed by atoms with Crippen molar-refractivity contribution in [1.82, 2.24) is 29.6 Å². The first kappa shape index (κ1) is 18.4. The average molecular weight is 369 g/mol. The standard InChI is InChI=1S/C17H19N7O3/c1-23-14-12(16(26)24(2)17(23)27)20-13(21-22-14)10-4-6-11(7-5-10)15(25)19-9-3-8-18/h4-7H,3,8-9,18H2,1-2H3,(H,19,25). The quantitative estimate of drug-likeness (QED) is 0.560. The molecule has 0 aliphatic carbocycles. The predicted octanol–water partition coefficient (Wildman–Crippen LogP) is -0.832. The summed E-state index contributed by atoms with van der Waals surface area (Å²) in [4.78, 5) is 40.5. The summed E-state index contributed by atoms with van der Waals surface area (Å²) in [6, 6.07) is 6.62. The Labute approximate surface area is 153 Å². The maximum Gasteiger partial charge on any atom is 0.332 e. The molecule has 2 heterocycles. The Bertz CT molecular complexity index is 1120. The van der Waals surface area contributed by atoms with Gasteiger partial charge in [0.2, 0.25) is 0 Å². The van der Waals surface area contributed by atoms with Crippen LogP contribution in [0.5, 0.6) is 0 Å². The number of carbonyl (C=O) groups excluding carboxylic acids is 1. The number of benzene rings is 1. The Morgan fingerprint density at radius 3 is 2.48 bits per heavy atom. The number of amides is 1. The Balaban J connectivity index is 1.95. The molecule has 0 unspecified atom stereocenters. The molecule has 2 aromatic heterocycles. The summed E-state index contributed by atoms with van der Waals surface area (Å²) in [5.41, 5.74) is 5.61. The summed E-state index contributed by atoms with van der Waals surface area (Å²) in [5, 5.41) is 10.7. The van der Waals surface area contributed by atoms with Gasteiger partial charge < -0.3 is 11.1 Å². The van der Waals surface area contributed by atoms with Crippen LogP contribution >= 0.6 is 0 Å². The molecular formula is C17H19N7O3. The molecule has 0 spiro atoms. The van der Waals surface area contributed by atoms with E-state index in [2.05, 4.69) is 20.5 Å². The maximum absolute atomic E-state index is 12.3. The van der Waals surface area contributed by atoms with Gasteiger partial charge in [-0.25, -0.2) is 9.78 Å². The van der Waals surface area contributed by atoms with Crippen molar-refractivity contribution >= 4 is 17.1 Å². The van der Waals surface area contributed by atoms with Crippen molar-refractivity contribution in [3.8, 4) is 11.4 Å². The molecule has 10 heteroatoms. The van der Waals surface area contributed by atoms with Crippen molar-refractivity contribution in [1.29, 1.82) is 0 Å². The average Bonchev–Trinajstić information content (AvgIpc) is 2.70. The number of nitrogens with zero attached hydrogens (tertiary/aromatic N) is 5. The van der Waals surface area contributed by atoms with Gasteiger partial charge >= 0.3 is 5.69 Å². The van der Waals surface area contributed by atoms with E-state index in [-0.39, 0.29) is 22.9 Å². The van der Waals surface area contributed by atoms with Crippen molar-refractivity contribution < 1.29 is 4.79 Å². The van der Waals surface area contributed by atoms with Gasteiger partial charge in [-0.1, -0.05) is 12.1 Å². The van der Waals surface area contributed by atoms with Crippen LogP contribution in [-0.4, -0.2) is 43.3 Å². The molecule has 3 N–H and O–H groups in total. The van der Waals surface area contributed by atoms with Crippen molar-refractivity contribution in [3.63, 3.8) is 0 Å². The lowest BCUT2D eigenvalue weighted by Gasteiger charge is -2.07. The van der Waals surface area contributed by atoms with Crippen LogP contribution in [0.4, 0.5) is 0 Å². The third kappa shape index (κ3) is 3.47. The fourth-order valence-corrected chi connectivity index (χ4v) is 2.55. The highest BCUT2D eigenvalue weighted by atomic mass is 16.2. The molecule has 10 nitrogen and oxygen atoms in total. The van der Waals surface area contributed by atoms with Gasteiger partial charge in [-0.2, -0.15) is 0 Å². The first-order valence-corrected chi connectivity index (χ1v) is 8.33. The summed E-state index contributed by atoms with van der Waals surface area (Å²) >= 11 is 0. The minimum absolute atomic E-state index is 0.0493. The third-order valence-electron chi connectivity index (χ3n) is 4.14. The number of aryl methyl sites for hydroxylation is 1. The first-order chi connectivity index (χ1) is 12.9. The van der Waals surface area contributed by atoms with Gasteiger partial charge in [0.25, 0.3) is 11.5 Å². The van der Waals surface area contributed by atoms with Crippen LogP contribution in [-0.2, 0) is 14.1 Å². The summed E-state index contributed by atoms with van der Waals surface area (Å²) in [7, 11) is 2.88. The summed E-state index contributed by atoms with van der Waals surface area (Å²) in [6.07, 6.45) is 0.706. The van der Waals surface area contributed by atoms with E-state index in [0.29, 0.717) is 30.6 Å². The number of nitrogens with two attached hydrogens (primary N) is 1. The maximum atomic E-state index is 12.3. The highest BCUT2D eigenvalue weighted by molar-refractivity contribution is 5.94. The van der Waals surface area contributed by atoms with Crippen molar-refractivity contribution in [2.45, 2.75) is 6.42 Å². The minimum Gasteiger partial charge on any atom is -0.352 e. The molecule has 0 fully saturated rings. The van der Waals surface area contributed by atoms with E-state index in [0.717, 1.165) is 4.57 Å². The van der Waals surface area contributed by atoms with E-state index >= 15 is 0 Å². The predicted molar refractivity (Wildman–Crippen MR) is 99.3 cm³/mol. The second kappa shape index (κ2) is 7.46. The Hall–Kier alpha value is -3.40. The number of fused-ring (bicyclic) bond motifs is 1. The zero-order valence-corrected chi connectivity index (χ0v) is 15.0. The van der Waals surface area contributed by atoms with Crippen molar-refractivity contribution in [2.75, 3.05) is 13.1 Å². The molecule has 0 atom stereocenters. The molecule has 0 saturated carbocycles. The molecule has 3 aromatic rings. The molecule has 0 saturated heterocycles. The molecule has 3 rings (SSSR count). The van der Waals surface area contributed by atoms with E-state index < -0.39 is 11.2 Å². The van der Waals surface area contributed by atoms with E-state index in [4.69, 9.17) is 5.73 Å². The van der Waals surface area contributed by atoms with Crippen LogP contribution in [0.1, 0.15) is 16.8 Å². The van der Waals surface area contributed by atoms with Crippen LogP contribution in [0.25, 0.3) is 22.6 Å². The zero-order valence-electron chi connectivity index (χ0n) is 15.0. The van der Waals surface area contributed by atoms with Gasteiger partial charge in [0.15, 0.2) is 17.0 Å². The van der Waals surface area contributed by atoms with Gasteiger partial charge in [0, 0.05) is 31.8 Å². The van der Waals surface area contributed by atoms with Crippen LogP contribution in [0.3, 0.4) is 0 Å². The van der Waals surface area contributed by atoms with Gasteiger partial charge in [-0.05, 0) is 25.1 Å². The van der Waals surface area contributed by atoms with Crippen LogP contribution in [0.15, 0.2) is 33.9 Å². The molecule has 1 amide bonds. The topological polar surface area (TPSA) is 138 Å². The molecule has 27 heavy (non-hydrogen) atoms. The monoisotopic (exact) mass is 369 g/mol. The normalized spacial score (nSPS) is 10.9. The number of carbonyl (C=O) groups is 1. The van der Waals surface area contributed by atoms with Crippen molar-refractivity contribution in [3.05, 3.63) is 50.7 Å². The van der Waals surface area contributed by atoms with Crippen molar-refractivity contribution in [2.24, 2.45) is 19.8 Å². The van der Waals surface area contributed by atoms with Gasteiger partial charge in [-0.3, -0.25) is 18.7 Å². The highest BCUT2D eigenvalue weighted by Gasteiger charge is 2.14. The van der Waals surface area contributed by atoms with Crippen LogP contribution < -0.4 is 22.3 Å². The number of hydrogen-bond acceptors (Lipinski definition) is 7. The molecule has 0 aliphatic rings. The van der Waals surface area contributed by atoms with Gasteiger partial charge in [-0.15, -0.1) is 10.2 Å². The Kier molecular flexibility index (Phi) is 5.08. The van der Waals surface area contributed by atoms with Gasteiger partial charge in [0.05, 0.1) is 0 Å². The molecule has 0 aliphatic heterocycles. The largest absolute Gasteiger partial charge is 0.352 e. The van der Waals surface area contributed by atoms with Crippen LogP contribution in [0.2, 0.25) is 0 Å². The lowest BCUT2D eigenvalue weighted by atomic mass is 10.1. The SMILES string of the molecule is Cn1c(=O)c2nc(-c3ccc(C(=O)NCCCN)cc3)nnc2n(C)c1=O.